The highest BCUT2D eigenvalue weighted by molar-refractivity contribution is 6.00. The van der Waals surface area contributed by atoms with Crippen molar-refractivity contribution in [3.8, 4) is 0 Å². The lowest BCUT2D eigenvalue weighted by atomic mass is 10.1. The predicted molar refractivity (Wildman–Crippen MR) is 90.7 cm³/mol. The van der Waals surface area contributed by atoms with Gasteiger partial charge in [-0.2, -0.15) is 0 Å². The van der Waals surface area contributed by atoms with Crippen LogP contribution in [0.5, 0.6) is 0 Å². The van der Waals surface area contributed by atoms with Crippen molar-refractivity contribution in [1.82, 2.24) is 10.9 Å². The van der Waals surface area contributed by atoms with Crippen LogP contribution in [-0.4, -0.2) is 31.8 Å². The van der Waals surface area contributed by atoms with Gasteiger partial charge in [0.25, 0.3) is 11.8 Å². The Morgan fingerprint density at radius 2 is 1.38 bits per heavy atom. The summed E-state index contributed by atoms with van der Waals surface area (Å²) in [6, 6.07) is 12.8. The highest BCUT2D eigenvalue weighted by Crippen LogP contribution is 2.13. The molecule has 124 valence electrons. The summed E-state index contributed by atoms with van der Waals surface area (Å²) >= 11 is 0. The molecule has 7 heteroatoms. The van der Waals surface area contributed by atoms with Crippen LogP contribution < -0.4 is 21.5 Å². The third-order valence-corrected chi connectivity index (χ3v) is 3.35. The van der Waals surface area contributed by atoms with Crippen molar-refractivity contribution >= 4 is 23.4 Å². The second-order valence-corrected chi connectivity index (χ2v) is 5.29. The monoisotopic (exact) mass is 326 g/mol. The van der Waals surface area contributed by atoms with Gasteiger partial charge in [0.2, 0.25) is 5.91 Å². The molecule has 0 saturated heterocycles. The van der Waals surface area contributed by atoms with E-state index in [1.165, 1.54) is 24.3 Å². The van der Waals surface area contributed by atoms with Gasteiger partial charge in [0.05, 0.1) is 0 Å². The molecule has 0 aromatic heterocycles. The lowest BCUT2D eigenvalue weighted by molar-refractivity contribution is 0.0846. The van der Waals surface area contributed by atoms with E-state index in [0.29, 0.717) is 16.7 Å². The molecule has 0 heterocycles. The minimum absolute atomic E-state index is 0.294. The Hall–Kier alpha value is -3.35. The van der Waals surface area contributed by atoms with Crippen molar-refractivity contribution in [3.05, 3.63) is 65.2 Å². The molecular weight excluding hydrogens is 308 g/mol. The number of nitrogens with one attached hydrogen (secondary N) is 2. The first-order valence-corrected chi connectivity index (χ1v) is 7.16. The quantitative estimate of drug-likeness (QED) is 0.727. The maximum absolute atomic E-state index is 12.1. The van der Waals surface area contributed by atoms with E-state index in [4.69, 9.17) is 5.73 Å². The minimum atomic E-state index is -0.573. The number of nitrogens with two attached hydrogens (primary N) is 1. The van der Waals surface area contributed by atoms with E-state index in [2.05, 4.69) is 10.9 Å². The fourth-order valence-corrected chi connectivity index (χ4v) is 1.97. The average molecular weight is 326 g/mol. The summed E-state index contributed by atoms with van der Waals surface area (Å²) < 4.78 is 0. The predicted octanol–water partition coefficient (Wildman–Crippen LogP) is 0.926. The summed E-state index contributed by atoms with van der Waals surface area (Å²) in [6.45, 7) is 0. The van der Waals surface area contributed by atoms with Gasteiger partial charge in [0.15, 0.2) is 0 Å². The Kier molecular flexibility index (Phi) is 5.16. The molecule has 0 spiro atoms. The van der Waals surface area contributed by atoms with E-state index in [0.717, 1.165) is 5.69 Å². The van der Waals surface area contributed by atoms with E-state index in [1.807, 2.05) is 25.1 Å². The van der Waals surface area contributed by atoms with E-state index < -0.39 is 17.7 Å². The molecule has 2 rings (SSSR count). The van der Waals surface area contributed by atoms with Crippen molar-refractivity contribution in [2.24, 2.45) is 5.73 Å². The lowest BCUT2D eigenvalue weighted by Gasteiger charge is -2.13. The Balaban J connectivity index is 1.99. The van der Waals surface area contributed by atoms with Crippen molar-refractivity contribution in [2.75, 3.05) is 19.0 Å². The van der Waals surface area contributed by atoms with Crippen molar-refractivity contribution < 1.29 is 14.4 Å². The number of hydrogen-bond acceptors (Lipinski definition) is 4. The van der Waals surface area contributed by atoms with Crippen LogP contribution in [0.4, 0.5) is 5.69 Å². The number of nitrogens with zero attached hydrogens (tertiary/aromatic N) is 1. The summed E-state index contributed by atoms with van der Waals surface area (Å²) in [5.41, 5.74) is 11.7. The normalized spacial score (nSPS) is 9.92. The summed E-state index contributed by atoms with van der Waals surface area (Å²) in [5.74, 6) is -1.50. The van der Waals surface area contributed by atoms with Gasteiger partial charge in [0.1, 0.15) is 0 Å². The van der Waals surface area contributed by atoms with Crippen LogP contribution in [0.3, 0.4) is 0 Å². The summed E-state index contributed by atoms with van der Waals surface area (Å²) in [6.07, 6.45) is 0. The molecule has 0 saturated carbocycles. The van der Waals surface area contributed by atoms with Crippen LogP contribution in [0, 0.1) is 0 Å². The number of carbonyl (C=O) groups is 3. The van der Waals surface area contributed by atoms with Gasteiger partial charge in [0, 0.05) is 36.5 Å². The van der Waals surface area contributed by atoms with E-state index in [-0.39, 0.29) is 0 Å². The Morgan fingerprint density at radius 3 is 1.92 bits per heavy atom. The fourth-order valence-electron chi connectivity index (χ4n) is 1.97. The first-order valence-electron chi connectivity index (χ1n) is 7.16. The number of primary amides is 1. The fraction of sp³-hybridized carbons (Fsp3) is 0.118. The van der Waals surface area contributed by atoms with Gasteiger partial charge in [-0.15, -0.1) is 0 Å². The van der Waals surface area contributed by atoms with E-state index in [1.54, 1.807) is 18.2 Å². The number of carbonyl (C=O) groups excluding carboxylic acids is 3. The first kappa shape index (κ1) is 17.0. The maximum atomic E-state index is 12.1. The first-order chi connectivity index (χ1) is 11.4. The number of hydrogen-bond donors (Lipinski definition) is 3. The molecule has 3 amide bonds. The molecule has 2 aromatic rings. The highest BCUT2D eigenvalue weighted by atomic mass is 16.2. The molecule has 0 aliphatic carbocycles. The summed E-state index contributed by atoms with van der Waals surface area (Å²) in [5, 5.41) is 0. The zero-order valence-corrected chi connectivity index (χ0v) is 13.4. The number of hydrazine groups is 1. The molecule has 0 aliphatic rings. The van der Waals surface area contributed by atoms with Crippen LogP contribution >= 0.6 is 0 Å². The molecule has 0 fully saturated rings. The van der Waals surface area contributed by atoms with Crippen molar-refractivity contribution in [2.45, 2.75) is 0 Å². The molecule has 24 heavy (non-hydrogen) atoms. The van der Waals surface area contributed by atoms with Gasteiger partial charge in [-0.1, -0.05) is 6.07 Å². The van der Waals surface area contributed by atoms with Gasteiger partial charge in [-0.25, -0.2) is 0 Å². The largest absolute Gasteiger partial charge is 0.378 e. The third kappa shape index (κ3) is 4.10. The molecule has 0 aliphatic heterocycles. The van der Waals surface area contributed by atoms with E-state index in [9.17, 15) is 14.4 Å². The zero-order valence-electron chi connectivity index (χ0n) is 13.4. The van der Waals surface area contributed by atoms with Gasteiger partial charge < -0.3 is 10.6 Å². The third-order valence-electron chi connectivity index (χ3n) is 3.35. The minimum Gasteiger partial charge on any atom is -0.378 e. The number of rotatable bonds is 4. The SMILES string of the molecule is CN(C)c1cccc(C(=O)NNC(=O)c2ccc(C(N)=O)cc2)c1. The molecular formula is C17H18N4O3. The number of anilines is 1. The lowest BCUT2D eigenvalue weighted by Crippen LogP contribution is -2.41. The van der Waals surface area contributed by atoms with Crippen molar-refractivity contribution in [1.29, 1.82) is 0 Å². The molecule has 0 radical (unpaired) electrons. The van der Waals surface area contributed by atoms with Gasteiger partial charge >= 0.3 is 0 Å². The molecule has 0 unspecified atom stereocenters. The molecule has 4 N–H and O–H groups in total. The topological polar surface area (TPSA) is 105 Å². The van der Waals surface area contributed by atoms with Gasteiger partial charge in [-0.05, 0) is 42.5 Å². The maximum Gasteiger partial charge on any atom is 0.269 e. The summed E-state index contributed by atoms with van der Waals surface area (Å²) in [7, 11) is 3.74. The molecule has 2 aromatic carbocycles. The second-order valence-electron chi connectivity index (χ2n) is 5.29. The Morgan fingerprint density at radius 1 is 0.833 bits per heavy atom. The van der Waals surface area contributed by atoms with Gasteiger partial charge in [-0.3, -0.25) is 25.2 Å². The Labute approximate surface area is 139 Å². The van der Waals surface area contributed by atoms with Crippen molar-refractivity contribution in [3.63, 3.8) is 0 Å². The summed E-state index contributed by atoms with van der Waals surface area (Å²) in [4.78, 5) is 36.9. The zero-order chi connectivity index (χ0) is 17.7. The molecule has 0 bridgehead atoms. The Bertz CT molecular complexity index is 770. The average Bonchev–Trinajstić information content (AvgIpc) is 2.59. The van der Waals surface area contributed by atoms with Crippen LogP contribution in [0.2, 0.25) is 0 Å². The molecule has 7 nitrogen and oxygen atoms in total. The van der Waals surface area contributed by atoms with Crippen LogP contribution in [-0.2, 0) is 0 Å². The highest BCUT2D eigenvalue weighted by Gasteiger charge is 2.10. The smallest absolute Gasteiger partial charge is 0.269 e. The van der Waals surface area contributed by atoms with Crippen LogP contribution in [0.1, 0.15) is 31.1 Å². The number of amides is 3. The van der Waals surface area contributed by atoms with E-state index >= 15 is 0 Å². The standard InChI is InChI=1S/C17H18N4O3/c1-21(2)14-5-3-4-13(10-14)17(24)20-19-16(23)12-8-6-11(7-9-12)15(18)22/h3-10H,1-2H3,(H2,18,22)(H,19,23)(H,20,24). The molecule has 0 atom stereocenters. The van der Waals surface area contributed by atoms with Crippen LogP contribution in [0.25, 0.3) is 0 Å². The number of benzene rings is 2. The second kappa shape index (κ2) is 7.28. The van der Waals surface area contributed by atoms with Crippen LogP contribution in [0.15, 0.2) is 48.5 Å².